The number of hydrogen-bond acceptors (Lipinski definition) is 5. The number of amides is 1. The highest BCUT2D eigenvalue weighted by Crippen LogP contribution is 2.18. The van der Waals surface area contributed by atoms with Crippen LogP contribution >= 0.6 is 11.3 Å². The van der Waals surface area contributed by atoms with E-state index in [1.807, 2.05) is 34.7 Å². The van der Waals surface area contributed by atoms with Gasteiger partial charge in [-0.25, -0.2) is 4.98 Å². The van der Waals surface area contributed by atoms with Gasteiger partial charge in [-0.05, 0) is 23.8 Å². The lowest BCUT2D eigenvalue weighted by atomic mass is 10.2. The summed E-state index contributed by atoms with van der Waals surface area (Å²) in [7, 11) is 0. The van der Waals surface area contributed by atoms with Crippen molar-refractivity contribution in [3.8, 4) is 0 Å². The molecule has 0 saturated carbocycles. The molecule has 1 aliphatic heterocycles. The molecule has 0 unspecified atom stereocenters. The van der Waals surface area contributed by atoms with E-state index in [4.69, 9.17) is 0 Å². The van der Waals surface area contributed by atoms with Crippen LogP contribution in [0.3, 0.4) is 0 Å². The van der Waals surface area contributed by atoms with E-state index in [9.17, 15) is 4.79 Å². The molecule has 2 aromatic heterocycles. The third-order valence-corrected chi connectivity index (χ3v) is 4.24. The van der Waals surface area contributed by atoms with Crippen molar-refractivity contribution in [1.82, 2.24) is 14.9 Å². The second kappa shape index (κ2) is 6.49. The summed E-state index contributed by atoms with van der Waals surface area (Å²) in [4.78, 5) is 24.5. The quantitative estimate of drug-likeness (QED) is 0.812. The van der Waals surface area contributed by atoms with E-state index >= 15 is 0 Å². The number of piperazine rings is 1. The van der Waals surface area contributed by atoms with Gasteiger partial charge in [0.25, 0.3) is 0 Å². The highest BCUT2D eigenvalue weighted by atomic mass is 32.1. The largest absolute Gasteiger partial charge is 0.345 e. The molecule has 108 valence electrons. The van der Waals surface area contributed by atoms with Crippen LogP contribution in [0.1, 0.15) is 5.56 Å². The van der Waals surface area contributed by atoms with Gasteiger partial charge < -0.3 is 9.80 Å². The molecule has 0 bridgehead atoms. The van der Waals surface area contributed by atoms with Crippen LogP contribution in [0.5, 0.6) is 0 Å². The lowest BCUT2D eigenvalue weighted by Crippen LogP contribution is -2.48. The first kappa shape index (κ1) is 13.8. The van der Waals surface area contributed by atoms with Crippen molar-refractivity contribution in [2.24, 2.45) is 0 Å². The molecule has 1 amide bonds. The molecule has 3 rings (SSSR count). The van der Waals surface area contributed by atoms with E-state index in [0.717, 1.165) is 36.9 Å². The summed E-state index contributed by atoms with van der Waals surface area (Å²) >= 11 is 1.64. The number of aromatic nitrogens is 2. The lowest BCUT2D eigenvalue weighted by molar-refractivity contribution is -0.126. The molecule has 0 N–H and O–H groups in total. The smallest absolute Gasteiger partial charge is 0.246 e. The fourth-order valence-corrected chi connectivity index (χ4v) is 2.93. The Hall–Kier alpha value is -2.21. The van der Waals surface area contributed by atoms with E-state index in [0.29, 0.717) is 0 Å². The monoisotopic (exact) mass is 300 g/mol. The molecule has 1 fully saturated rings. The summed E-state index contributed by atoms with van der Waals surface area (Å²) in [5.41, 5.74) is 0.986. The third kappa shape index (κ3) is 3.46. The Morgan fingerprint density at radius 3 is 2.57 bits per heavy atom. The normalized spacial score (nSPS) is 15.6. The molecule has 0 aliphatic carbocycles. The van der Waals surface area contributed by atoms with E-state index in [-0.39, 0.29) is 5.91 Å². The molecule has 1 aliphatic rings. The first-order valence-electron chi connectivity index (χ1n) is 6.84. The SMILES string of the molecule is O=C(/C=C/c1ccncc1)N1CCN(c2nccs2)CC1. The van der Waals surface area contributed by atoms with Crippen molar-refractivity contribution in [1.29, 1.82) is 0 Å². The molecule has 0 spiro atoms. The van der Waals surface area contributed by atoms with Crippen molar-refractivity contribution in [3.63, 3.8) is 0 Å². The van der Waals surface area contributed by atoms with E-state index in [1.54, 1.807) is 29.8 Å². The Morgan fingerprint density at radius 2 is 1.90 bits per heavy atom. The third-order valence-electron chi connectivity index (χ3n) is 3.41. The standard InChI is InChI=1S/C15H16N4OS/c20-14(2-1-13-3-5-16-6-4-13)18-8-10-19(11-9-18)15-17-7-12-21-15/h1-7,12H,8-11H2/b2-1+. The summed E-state index contributed by atoms with van der Waals surface area (Å²) in [5.74, 6) is 0.0607. The molecule has 0 atom stereocenters. The number of hydrogen-bond donors (Lipinski definition) is 0. The van der Waals surface area contributed by atoms with Crippen LogP contribution in [0.4, 0.5) is 5.13 Å². The van der Waals surface area contributed by atoms with Gasteiger partial charge in [-0.3, -0.25) is 9.78 Å². The first-order valence-corrected chi connectivity index (χ1v) is 7.72. The molecule has 5 nitrogen and oxygen atoms in total. The number of rotatable bonds is 3. The van der Waals surface area contributed by atoms with Gasteiger partial charge in [0, 0.05) is 56.2 Å². The van der Waals surface area contributed by atoms with Gasteiger partial charge in [0.05, 0.1) is 0 Å². The predicted molar refractivity (Wildman–Crippen MR) is 84.2 cm³/mol. The van der Waals surface area contributed by atoms with Gasteiger partial charge in [0.2, 0.25) is 5.91 Å². The Balaban J connectivity index is 1.54. The molecule has 2 aromatic rings. The van der Waals surface area contributed by atoms with Crippen molar-refractivity contribution < 1.29 is 4.79 Å². The van der Waals surface area contributed by atoms with Crippen LogP contribution in [0.2, 0.25) is 0 Å². The average molecular weight is 300 g/mol. The lowest BCUT2D eigenvalue weighted by Gasteiger charge is -2.34. The van der Waals surface area contributed by atoms with E-state index < -0.39 is 0 Å². The van der Waals surface area contributed by atoms with Crippen molar-refractivity contribution in [3.05, 3.63) is 47.7 Å². The van der Waals surface area contributed by atoms with Crippen molar-refractivity contribution >= 4 is 28.5 Å². The zero-order chi connectivity index (χ0) is 14.5. The molecule has 3 heterocycles. The highest BCUT2D eigenvalue weighted by molar-refractivity contribution is 7.13. The fourth-order valence-electron chi connectivity index (χ4n) is 2.24. The number of carbonyl (C=O) groups is 1. The fraction of sp³-hybridized carbons (Fsp3) is 0.267. The summed E-state index contributed by atoms with van der Waals surface area (Å²) in [6, 6.07) is 3.76. The maximum atomic E-state index is 12.2. The van der Waals surface area contributed by atoms with Crippen LogP contribution in [-0.4, -0.2) is 47.0 Å². The zero-order valence-corrected chi connectivity index (χ0v) is 12.4. The second-order valence-electron chi connectivity index (χ2n) is 4.74. The van der Waals surface area contributed by atoms with Gasteiger partial charge in [-0.2, -0.15) is 0 Å². The average Bonchev–Trinajstić information content (AvgIpc) is 3.08. The van der Waals surface area contributed by atoms with Gasteiger partial charge in [0.15, 0.2) is 5.13 Å². The van der Waals surface area contributed by atoms with Crippen LogP contribution in [0.25, 0.3) is 6.08 Å². The Kier molecular flexibility index (Phi) is 4.25. The summed E-state index contributed by atoms with van der Waals surface area (Å²) in [6.07, 6.45) is 8.72. The van der Waals surface area contributed by atoms with Gasteiger partial charge in [-0.15, -0.1) is 11.3 Å². The Bertz CT molecular complexity index is 604. The Labute approximate surface area is 127 Å². The molecule has 21 heavy (non-hydrogen) atoms. The van der Waals surface area contributed by atoms with Crippen LogP contribution in [0.15, 0.2) is 42.2 Å². The predicted octanol–water partition coefficient (Wildman–Crippen LogP) is 1.90. The summed E-state index contributed by atoms with van der Waals surface area (Å²) in [6.45, 7) is 3.14. The number of anilines is 1. The van der Waals surface area contributed by atoms with E-state index in [1.165, 1.54) is 0 Å². The van der Waals surface area contributed by atoms with Crippen LogP contribution in [0, 0.1) is 0 Å². The number of pyridine rings is 1. The van der Waals surface area contributed by atoms with Crippen LogP contribution < -0.4 is 4.90 Å². The number of thiazole rings is 1. The maximum absolute atomic E-state index is 12.2. The van der Waals surface area contributed by atoms with Crippen LogP contribution in [-0.2, 0) is 4.79 Å². The minimum absolute atomic E-state index is 0.0607. The summed E-state index contributed by atoms with van der Waals surface area (Å²) in [5, 5.41) is 3.01. The summed E-state index contributed by atoms with van der Waals surface area (Å²) < 4.78 is 0. The molecule has 0 radical (unpaired) electrons. The van der Waals surface area contributed by atoms with Gasteiger partial charge in [0.1, 0.15) is 0 Å². The number of nitrogens with zero attached hydrogens (tertiary/aromatic N) is 4. The minimum Gasteiger partial charge on any atom is -0.345 e. The van der Waals surface area contributed by atoms with E-state index in [2.05, 4.69) is 14.9 Å². The zero-order valence-electron chi connectivity index (χ0n) is 11.6. The van der Waals surface area contributed by atoms with Crippen molar-refractivity contribution in [2.45, 2.75) is 0 Å². The highest BCUT2D eigenvalue weighted by Gasteiger charge is 2.20. The molecular formula is C15H16N4OS. The molecule has 1 saturated heterocycles. The molecule has 6 heteroatoms. The maximum Gasteiger partial charge on any atom is 0.246 e. The molecular weight excluding hydrogens is 284 g/mol. The molecule has 0 aromatic carbocycles. The Morgan fingerprint density at radius 1 is 1.14 bits per heavy atom. The first-order chi connectivity index (χ1) is 10.3. The van der Waals surface area contributed by atoms with Gasteiger partial charge in [-0.1, -0.05) is 0 Å². The number of carbonyl (C=O) groups excluding carboxylic acids is 1. The minimum atomic E-state index is 0.0607. The topological polar surface area (TPSA) is 49.3 Å². The van der Waals surface area contributed by atoms with Crippen molar-refractivity contribution in [2.75, 3.05) is 31.1 Å². The second-order valence-corrected chi connectivity index (χ2v) is 5.61. The van der Waals surface area contributed by atoms with Gasteiger partial charge >= 0.3 is 0 Å².